The smallest absolute Gasteiger partial charge is 0.360 e. The molecule has 3 aromatic carbocycles. The van der Waals surface area contributed by atoms with E-state index in [0.29, 0.717) is 28.6 Å². The van der Waals surface area contributed by atoms with E-state index in [0.717, 1.165) is 12.0 Å². The van der Waals surface area contributed by atoms with Gasteiger partial charge in [0.15, 0.2) is 5.78 Å². The zero-order chi connectivity index (χ0) is 28.3. The van der Waals surface area contributed by atoms with Crippen LogP contribution in [0, 0.1) is 6.92 Å². The van der Waals surface area contributed by atoms with Gasteiger partial charge in [-0.1, -0.05) is 66.2 Å². The summed E-state index contributed by atoms with van der Waals surface area (Å²) in [6.07, 6.45) is -1.82. The lowest BCUT2D eigenvalue weighted by Crippen LogP contribution is -2.60. The fourth-order valence-corrected chi connectivity index (χ4v) is 5.06. The first-order chi connectivity index (χ1) is 19.2. The van der Waals surface area contributed by atoms with Crippen molar-refractivity contribution >= 4 is 22.6 Å². The van der Waals surface area contributed by atoms with Crippen molar-refractivity contribution in [2.45, 2.75) is 31.6 Å². The van der Waals surface area contributed by atoms with Crippen LogP contribution in [-0.2, 0) is 6.42 Å². The lowest BCUT2D eigenvalue weighted by atomic mass is 9.96. The first kappa shape index (κ1) is 27.6. The molecule has 0 aliphatic carbocycles. The topological polar surface area (TPSA) is 77.2 Å². The molecule has 1 aliphatic heterocycles. The molecular weight excluding hydrogens is 517 g/mol. The molecule has 1 aliphatic rings. The second-order valence-corrected chi connectivity index (χ2v) is 10.3. The molecule has 1 aromatic heterocycles. The third kappa shape index (κ3) is 6.60. The summed E-state index contributed by atoms with van der Waals surface area (Å²) < 4.78 is 37.6. The standard InChI is InChI=1S/C31H31F3N4O2/c1-20-7-9-21(10-8-20)13-14-35-28(22-5-3-2-4-6-22)29(39)26-16-36-27-15-23(11-12-25(26)27)30(40)37-24-17-38(18-24)19-31(32,33)34/h2-12,15-16,24,28,35-36H,13-14,17-19H2,1H3,(H,37,40)/t28-/m0/s1. The van der Waals surface area contributed by atoms with Crippen molar-refractivity contribution in [3.63, 3.8) is 0 Å². The van der Waals surface area contributed by atoms with E-state index in [1.165, 1.54) is 16.0 Å². The van der Waals surface area contributed by atoms with Crippen molar-refractivity contribution in [1.82, 2.24) is 20.5 Å². The Labute approximate surface area is 230 Å². The van der Waals surface area contributed by atoms with E-state index in [1.807, 2.05) is 37.3 Å². The lowest BCUT2D eigenvalue weighted by molar-refractivity contribution is -0.155. The van der Waals surface area contributed by atoms with E-state index < -0.39 is 18.8 Å². The number of carbonyl (C=O) groups excluding carboxylic acids is 2. The van der Waals surface area contributed by atoms with Gasteiger partial charge >= 0.3 is 6.18 Å². The molecule has 0 unspecified atom stereocenters. The largest absolute Gasteiger partial charge is 0.401 e. The number of hydrogen-bond donors (Lipinski definition) is 3. The number of amides is 1. The zero-order valence-corrected chi connectivity index (χ0v) is 22.1. The van der Waals surface area contributed by atoms with E-state index in [4.69, 9.17) is 0 Å². The Morgan fingerprint density at radius 2 is 1.75 bits per heavy atom. The minimum absolute atomic E-state index is 0.0854. The van der Waals surface area contributed by atoms with Crippen LogP contribution >= 0.6 is 0 Å². The van der Waals surface area contributed by atoms with Crippen molar-refractivity contribution in [2.24, 2.45) is 0 Å². The minimum atomic E-state index is -4.25. The molecule has 9 heteroatoms. The summed E-state index contributed by atoms with van der Waals surface area (Å²) in [5, 5.41) is 6.91. The summed E-state index contributed by atoms with van der Waals surface area (Å²) in [5.74, 6) is -0.446. The van der Waals surface area contributed by atoms with Gasteiger partial charge in [0.25, 0.3) is 5.91 Å². The van der Waals surface area contributed by atoms with Gasteiger partial charge in [-0.05, 0) is 36.6 Å². The SMILES string of the molecule is Cc1ccc(CCN[C@H](C(=O)c2c[nH]c3cc(C(=O)NC4CN(CC(F)(F)F)C4)ccc23)c2ccccc2)cc1. The maximum atomic E-state index is 13.8. The number of aromatic nitrogens is 1. The lowest BCUT2D eigenvalue weighted by Gasteiger charge is -2.39. The Bertz CT molecular complexity index is 1480. The molecule has 1 atom stereocenters. The van der Waals surface area contributed by atoms with Crippen LogP contribution in [0.25, 0.3) is 10.9 Å². The van der Waals surface area contributed by atoms with Crippen LogP contribution in [0.5, 0.6) is 0 Å². The highest BCUT2D eigenvalue weighted by Crippen LogP contribution is 2.26. The molecular formula is C31H31F3N4O2. The molecule has 1 amide bonds. The van der Waals surface area contributed by atoms with Gasteiger partial charge in [0, 0.05) is 47.9 Å². The molecule has 0 spiro atoms. The van der Waals surface area contributed by atoms with Gasteiger partial charge < -0.3 is 15.6 Å². The third-order valence-corrected chi connectivity index (χ3v) is 7.18. The van der Waals surface area contributed by atoms with Gasteiger partial charge in [0.2, 0.25) is 0 Å². The van der Waals surface area contributed by atoms with Crippen LogP contribution < -0.4 is 10.6 Å². The summed E-state index contributed by atoms with van der Waals surface area (Å²) in [5.41, 5.74) is 4.77. The number of likely N-dealkylation sites (tertiary alicyclic amines) is 1. The van der Waals surface area contributed by atoms with Gasteiger partial charge in [0.1, 0.15) is 0 Å². The molecule has 0 saturated carbocycles. The van der Waals surface area contributed by atoms with Gasteiger partial charge in [-0.25, -0.2) is 0 Å². The van der Waals surface area contributed by atoms with Crippen LogP contribution in [-0.4, -0.2) is 60.0 Å². The Kier molecular flexibility index (Phi) is 8.04. The Morgan fingerprint density at radius 1 is 1.02 bits per heavy atom. The molecule has 0 radical (unpaired) electrons. The maximum absolute atomic E-state index is 13.8. The number of nitrogens with zero attached hydrogens (tertiary/aromatic N) is 1. The van der Waals surface area contributed by atoms with E-state index in [1.54, 1.807) is 24.4 Å². The van der Waals surface area contributed by atoms with Crippen LogP contribution in [0.15, 0.2) is 79.0 Å². The molecule has 0 bridgehead atoms. The Morgan fingerprint density at radius 3 is 2.45 bits per heavy atom. The number of aryl methyl sites for hydroxylation is 1. The van der Waals surface area contributed by atoms with Crippen molar-refractivity contribution in [3.05, 3.63) is 107 Å². The van der Waals surface area contributed by atoms with Gasteiger partial charge in [-0.15, -0.1) is 0 Å². The summed E-state index contributed by atoms with van der Waals surface area (Å²) >= 11 is 0. The third-order valence-electron chi connectivity index (χ3n) is 7.18. The molecule has 4 aromatic rings. The molecule has 40 heavy (non-hydrogen) atoms. The number of carbonyl (C=O) groups is 2. The Hall–Kier alpha value is -3.95. The monoisotopic (exact) mass is 548 g/mol. The molecule has 5 rings (SSSR count). The van der Waals surface area contributed by atoms with Crippen LogP contribution in [0.2, 0.25) is 0 Å². The summed E-state index contributed by atoms with van der Waals surface area (Å²) in [6, 6.07) is 22.1. The Balaban J connectivity index is 1.27. The van der Waals surface area contributed by atoms with Crippen LogP contribution in [0.1, 0.15) is 43.4 Å². The zero-order valence-electron chi connectivity index (χ0n) is 22.1. The van der Waals surface area contributed by atoms with Crippen molar-refractivity contribution in [2.75, 3.05) is 26.2 Å². The number of rotatable bonds is 10. The predicted molar refractivity (Wildman–Crippen MR) is 148 cm³/mol. The highest BCUT2D eigenvalue weighted by Gasteiger charge is 2.37. The predicted octanol–water partition coefficient (Wildman–Crippen LogP) is 5.21. The van der Waals surface area contributed by atoms with E-state index in [-0.39, 0.29) is 30.8 Å². The highest BCUT2D eigenvalue weighted by atomic mass is 19.4. The summed E-state index contributed by atoms with van der Waals surface area (Å²) in [6.45, 7) is 2.00. The molecule has 6 nitrogen and oxygen atoms in total. The fourth-order valence-electron chi connectivity index (χ4n) is 5.06. The number of aromatic amines is 1. The number of halogens is 3. The quantitative estimate of drug-likeness (QED) is 0.238. The maximum Gasteiger partial charge on any atom is 0.401 e. The van der Waals surface area contributed by atoms with Gasteiger partial charge in [-0.2, -0.15) is 13.2 Å². The average Bonchev–Trinajstić information content (AvgIpc) is 3.34. The normalized spacial score (nSPS) is 15.1. The van der Waals surface area contributed by atoms with Crippen LogP contribution in [0.4, 0.5) is 13.2 Å². The van der Waals surface area contributed by atoms with Crippen molar-refractivity contribution in [1.29, 1.82) is 0 Å². The first-order valence-electron chi connectivity index (χ1n) is 13.3. The fraction of sp³-hybridized carbons (Fsp3) is 0.290. The number of alkyl halides is 3. The summed E-state index contributed by atoms with van der Waals surface area (Å²) in [4.78, 5) is 30.9. The molecule has 208 valence electrons. The number of ketones is 1. The minimum Gasteiger partial charge on any atom is -0.360 e. The number of hydrogen-bond acceptors (Lipinski definition) is 4. The number of nitrogens with one attached hydrogen (secondary N) is 3. The molecule has 3 N–H and O–H groups in total. The number of benzene rings is 3. The molecule has 1 saturated heterocycles. The second-order valence-electron chi connectivity index (χ2n) is 10.3. The van der Waals surface area contributed by atoms with E-state index in [2.05, 4.69) is 39.9 Å². The number of fused-ring (bicyclic) bond motifs is 1. The number of H-pyrrole nitrogens is 1. The first-order valence-corrected chi connectivity index (χ1v) is 13.3. The van der Waals surface area contributed by atoms with Crippen LogP contribution in [0.3, 0.4) is 0 Å². The summed E-state index contributed by atoms with van der Waals surface area (Å²) in [7, 11) is 0. The van der Waals surface area contributed by atoms with Crippen molar-refractivity contribution in [3.8, 4) is 0 Å². The van der Waals surface area contributed by atoms with Gasteiger partial charge in [0.05, 0.1) is 18.6 Å². The number of Topliss-reactive ketones (excluding diaryl/α,β-unsaturated/α-hetero) is 1. The highest BCUT2D eigenvalue weighted by molar-refractivity contribution is 6.11. The molecule has 2 heterocycles. The van der Waals surface area contributed by atoms with E-state index >= 15 is 0 Å². The second kappa shape index (κ2) is 11.7. The van der Waals surface area contributed by atoms with E-state index in [9.17, 15) is 22.8 Å². The van der Waals surface area contributed by atoms with Gasteiger partial charge in [-0.3, -0.25) is 14.5 Å². The average molecular weight is 549 g/mol. The molecule has 1 fully saturated rings. The van der Waals surface area contributed by atoms with Crippen molar-refractivity contribution < 1.29 is 22.8 Å².